The molecular formula is C12H16ClFN2O2S. The molecule has 1 aromatic rings. The van der Waals surface area contributed by atoms with E-state index in [0.717, 1.165) is 31.4 Å². The summed E-state index contributed by atoms with van der Waals surface area (Å²) in [4.78, 5) is -0.394. The Balaban J connectivity index is 2.22. The van der Waals surface area contributed by atoms with Crippen LogP contribution in [0.4, 0.5) is 4.39 Å². The molecule has 7 heteroatoms. The summed E-state index contributed by atoms with van der Waals surface area (Å²) in [5.41, 5.74) is 5.88. The van der Waals surface area contributed by atoms with Crippen molar-refractivity contribution in [2.24, 2.45) is 5.73 Å². The van der Waals surface area contributed by atoms with Crippen LogP contribution >= 0.6 is 11.6 Å². The van der Waals surface area contributed by atoms with E-state index in [1.165, 1.54) is 6.07 Å². The lowest BCUT2D eigenvalue weighted by atomic mass is 9.92. The van der Waals surface area contributed by atoms with Crippen molar-refractivity contribution < 1.29 is 12.8 Å². The Morgan fingerprint density at radius 1 is 1.32 bits per heavy atom. The molecule has 1 aliphatic rings. The molecule has 3 N–H and O–H groups in total. The average Bonchev–Trinajstić information content (AvgIpc) is 2.31. The van der Waals surface area contributed by atoms with Crippen LogP contribution in [0.1, 0.15) is 25.7 Å². The lowest BCUT2D eigenvalue weighted by molar-refractivity contribution is 0.360. The number of rotatable bonds is 3. The molecule has 0 radical (unpaired) electrons. The average molecular weight is 307 g/mol. The summed E-state index contributed by atoms with van der Waals surface area (Å²) >= 11 is 5.61. The first-order valence-corrected chi connectivity index (χ1v) is 7.99. The summed E-state index contributed by atoms with van der Waals surface area (Å²) in [5.74, 6) is -0.857. The van der Waals surface area contributed by atoms with Gasteiger partial charge in [0.15, 0.2) is 0 Å². The highest BCUT2D eigenvalue weighted by Gasteiger charge is 2.28. The van der Waals surface area contributed by atoms with E-state index in [0.29, 0.717) is 6.42 Å². The van der Waals surface area contributed by atoms with Gasteiger partial charge >= 0.3 is 0 Å². The molecule has 0 aliphatic heterocycles. The minimum atomic E-state index is -3.90. The van der Waals surface area contributed by atoms with Crippen molar-refractivity contribution in [3.05, 3.63) is 29.0 Å². The highest BCUT2D eigenvalue weighted by atomic mass is 35.5. The molecule has 1 aliphatic carbocycles. The smallest absolute Gasteiger partial charge is 0.243 e. The van der Waals surface area contributed by atoms with Crippen LogP contribution in [0, 0.1) is 5.82 Å². The van der Waals surface area contributed by atoms with Crippen molar-refractivity contribution in [3.63, 3.8) is 0 Å². The number of benzene rings is 1. The van der Waals surface area contributed by atoms with E-state index in [-0.39, 0.29) is 17.1 Å². The van der Waals surface area contributed by atoms with Gasteiger partial charge in [0.05, 0.1) is 0 Å². The van der Waals surface area contributed by atoms with Gasteiger partial charge in [-0.25, -0.2) is 17.5 Å². The lowest BCUT2D eigenvalue weighted by Gasteiger charge is -2.29. The Morgan fingerprint density at radius 3 is 2.63 bits per heavy atom. The van der Waals surface area contributed by atoms with Gasteiger partial charge in [-0.2, -0.15) is 0 Å². The minimum Gasteiger partial charge on any atom is -0.326 e. The Hall–Kier alpha value is -0.690. The molecule has 0 bridgehead atoms. The Kier molecular flexibility index (Phi) is 4.45. The summed E-state index contributed by atoms with van der Waals surface area (Å²) in [6.45, 7) is 0. The van der Waals surface area contributed by atoms with Crippen molar-refractivity contribution in [1.29, 1.82) is 0 Å². The molecule has 0 saturated heterocycles. The van der Waals surface area contributed by atoms with Crippen molar-refractivity contribution in [1.82, 2.24) is 4.72 Å². The summed E-state index contributed by atoms with van der Waals surface area (Å²) < 4.78 is 40.4. The van der Waals surface area contributed by atoms with Crippen LogP contribution in [0.3, 0.4) is 0 Å². The van der Waals surface area contributed by atoms with Crippen LogP contribution in [0.2, 0.25) is 5.02 Å². The van der Waals surface area contributed by atoms with Crippen LogP contribution in [-0.2, 0) is 10.0 Å². The van der Waals surface area contributed by atoms with E-state index in [2.05, 4.69) is 4.72 Å². The second-order valence-corrected chi connectivity index (χ2v) is 6.87. The van der Waals surface area contributed by atoms with Gasteiger partial charge < -0.3 is 5.73 Å². The van der Waals surface area contributed by atoms with Crippen LogP contribution in [0.5, 0.6) is 0 Å². The fraction of sp³-hybridized carbons (Fsp3) is 0.500. The summed E-state index contributed by atoms with van der Waals surface area (Å²) in [5, 5.41) is 0.158. The topological polar surface area (TPSA) is 72.2 Å². The molecule has 0 amide bonds. The SMILES string of the molecule is N[C@@H]1CCCC[C@H]1NS(=O)(=O)c1ccc(Cl)cc1F. The van der Waals surface area contributed by atoms with Gasteiger partial charge in [-0.15, -0.1) is 0 Å². The molecule has 4 nitrogen and oxygen atoms in total. The first kappa shape index (κ1) is 14.7. The molecule has 1 aromatic carbocycles. The molecule has 0 aromatic heterocycles. The molecule has 106 valence electrons. The first-order chi connectivity index (χ1) is 8.90. The maximum absolute atomic E-state index is 13.7. The summed E-state index contributed by atoms with van der Waals surface area (Å²) in [7, 11) is -3.90. The molecule has 0 unspecified atom stereocenters. The molecular weight excluding hydrogens is 291 g/mol. The molecule has 0 heterocycles. The van der Waals surface area contributed by atoms with Gasteiger partial charge in [0.25, 0.3) is 0 Å². The lowest BCUT2D eigenvalue weighted by Crippen LogP contribution is -2.49. The molecule has 19 heavy (non-hydrogen) atoms. The standard InChI is InChI=1S/C12H16ClFN2O2S/c13-8-5-6-12(9(14)7-8)19(17,18)16-11-4-2-1-3-10(11)15/h5-7,10-11,16H,1-4,15H2/t10-,11-/m1/s1. The van der Waals surface area contributed by atoms with Crippen molar-refractivity contribution in [2.45, 2.75) is 42.7 Å². The van der Waals surface area contributed by atoms with E-state index in [1.807, 2.05) is 0 Å². The van der Waals surface area contributed by atoms with Crippen molar-refractivity contribution in [2.75, 3.05) is 0 Å². The predicted molar refractivity (Wildman–Crippen MR) is 72.0 cm³/mol. The fourth-order valence-corrected chi connectivity index (χ4v) is 3.80. The van der Waals surface area contributed by atoms with Crippen LogP contribution in [-0.4, -0.2) is 20.5 Å². The third-order valence-electron chi connectivity index (χ3n) is 3.31. The molecule has 0 spiro atoms. The van der Waals surface area contributed by atoms with E-state index in [1.54, 1.807) is 0 Å². The molecule has 1 saturated carbocycles. The first-order valence-electron chi connectivity index (χ1n) is 6.13. The number of nitrogens with two attached hydrogens (primary N) is 1. The van der Waals surface area contributed by atoms with E-state index in [4.69, 9.17) is 17.3 Å². The highest BCUT2D eigenvalue weighted by Crippen LogP contribution is 2.22. The zero-order valence-corrected chi connectivity index (χ0v) is 11.8. The Morgan fingerprint density at radius 2 is 2.00 bits per heavy atom. The van der Waals surface area contributed by atoms with Gasteiger partial charge in [0.2, 0.25) is 10.0 Å². The predicted octanol–water partition coefficient (Wildman–Crippen LogP) is 2.03. The van der Waals surface area contributed by atoms with E-state index < -0.39 is 20.7 Å². The Labute approximate surface area is 117 Å². The largest absolute Gasteiger partial charge is 0.326 e. The molecule has 2 atom stereocenters. The maximum atomic E-state index is 13.7. The quantitative estimate of drug-likeness (QED) is 0.897. The zero-order chi connectivity index (χ0) is 14.0. The number of hydrogen-bond donors (Lipinski definition) is 2. The fourth-order valence-electron chi connectivity index (χ4n) is 2.26. The van der Waals surface area contributed by atoms with E-state index in [9.17, 15) is 12.8 Å². The third kappa shape index (κ3) is 3.45. The second kappa shape index (κ2) is 5.75. The number of halogens is 2. The minimum absolute atomic E-state index is 0.158. The number of nitrogens with one attached hydrogen (secondary N) is 1. The van der Waals surface area contributed by atoms with Gasteiger partial charge in [-0.3, -0.25) is 0 Å². The monoisotopic (exact) mass is 306 g/mol. The van der Waals surface area contributed by atoms with Gasteiger partial charge in [0.1, 0.15) is 10.7 Å². The van der Waals surface area contributed by atoms with Crippen molar-refractivity contribution >= 4 is 21.6 Å². The van der Waals surface area contributed by atoms with Crippen LogP contribution < -0.4 is 10.5 Å². The van der Waals surface area contributed by atoms with Crippen LogP contribution in [0.15, 0.2) is 23.1 Å². The Bertz CT molecular complexity index is 565. The van der Waals surface area contributed by atoms with Crippen LogP contribution in [0.25, 0.3) is 0 Å². The third-order valence-corrected chi connectivity index (χ3v) is 5.07. The highest BCUT2D eigenvalue weighted by molar-refractivity contribution is 7.89. The van der Waals surface area contributed by atoms with Crippen molar-refractivity contribution in [3.8, 4) is 0 Å². The molecule has 2 rings (SSSR count). The maximum Gasteiger partial charge on any atom is 0.243 e. The number of hydrogen-bond acceptors (Lipinski definition) is 3. The van der Waals surface area contributed by atoms with Gasteiger partial charge in [0, 0.05) is 17.1 Å². The zero-order valence-electron chi connectivity index (χ0n) is 10.3. The normalized spacial score (nSPS) is 24.4. The number of sulfonamides is 1. The van der Waals surface area contributed by atoms with Gasteiger partial charge in [-0.05, 0) is 31.0 Å². The van der Waals surface area contributed by atoms with E-state index >= 15 is 0 Å². The molecule has 1 fully saturated rings. The van der Waals surface area contributed by atoms with Gasteiger partial charge in [-0.1, -0.05) is 24.4 Å². The summed E-state index contributed by atoms with van der Waals surface area (Å²) in [6, 6.07) is 2.93. The second-order valence-electron chi connectivity index (χ2n) is 4.75. The summed E-state index contributed by atoms with van der Waals surface area (Å²) in [6.07, 6.45) is 3.37.